The number of hydrogen-bond donors (Lipinski definition) is 1. The lowest BCUT2D eigenvalue weighted by Gasteiger charge is -2.34. The second-order valence-corrected chi connectivity index (χ2v) is 8.34. The number of aromatic nitrogens is 2. The molecule has 9 heteroatoms. The van der Waals surface area contributed by atoms with Gasteiger partial charge in [-0.2, -0.15) is 0 Å². The minimum absolute atomic E-state index is 0.103. The first kappa shape index (κ1) is 23.1. The van der Waals surface area contributed by atoms with E-state index in [0.717, 1.165) is 6.42 Å². The highest BCUT2D eigenvalue weighted by Crippen LogP contribution is 2.37. The Balaban J connectivity index is 1.41. The number of methoxy groups -OCH3 is 1. The molecule has 0 atom stereocenters. The summed E-state index contributed by atoms with van der Waals surface area (Å²) in [5.74, 6) is 1.43. The van der Waals surface area contributed by atoms with Crippen LogP contribution in [0.5, 0.6) is 11.5 Å². The third-order valence-corrected chi connectivity index (χ3v) is 5.90. The molecule has 1 aliphatic heterocycles. The Labute approximate surface area is 197 Å². The van der Waals surface area contributed by atoms with Crippen LogP contribution in [-0.4, -0.2) is 65.6 Å². The van der Waals surface area contributed by atoms with E-state index < -0.39 is 0 Å². The summed E-state index contributed by atoms with van der Waals surface area (Å²) in [6.45, 7) is 5.50. The number of hydrogen-bond acceptors (Lipinski definition) is 6. The van der Waals surface area contributed by atoms with Gasteiger partial charge in [0.05, 0.1) is 36.2 Å². The van der Waals surface area contributed by atoms with Crippen LogP contribution in [0.4, 0.5) is 0 Å². The number of carbonyl (C=O) groups is 1. The van der Waals surface area contributed by atoms with Gasteiger partial charge in [0.1, 0.15) is 5.82 Å². The van der Waals surface area contributed by atoms with E-state index in [9.17, 15) is 9.59 Å². The SMILES string of the molecule is CCCOc1c(Cl)cc(C(=O)N2CCN(Cc3nc4ccccc4c(=O)[nH]3)CC2)cc1OC. The molecule has 2 heterocycles. The number of nitrogens with zero attached hydrogens (tertiary/aromatic N) is 3. The van der Waals surface area contributed by atoms with Crippen molar-refractivity contribution in [2.75, 3.05) is 39.9 Å². The molecule has 0 bridgehead atoms. The van der Waals surface area contributed by atoms with E-state index in [0.29, 0.717) is 78.1 Å². The number of piperazine rings is 1. The fourth-order valence-corrected chi connectivity index (χ4v) is 4.17. The van der Waals surface area contributed by atoms with Crippen molar-refractivity contribution >= 4 is 28.4 Å². The summed E-state index contributed by atoms with van der Waals surface area (Å²) in [5, 5.41) is 0.938. The van der Waals surface area contributed by atoms with E-state index >= 15 is 0 Å². The predicted molar refractivity (Wildman–Crippen MR) is 127 cm³/mol. The molecule has 1 aliphatic rings. The highest BCUT2D eigenvalue weighted by atomic mass is 35.5. The van der Waals surface area contributed by atoms with Crippen LogP contribution in [-0.2, 0) is 6.54 Å². The topological polar surface area (TPSA) is 87.8 Å². The monoisotopic (exact) mass is 470 g/mol. The molecular weight excluding hydrogens is 444 g/mol. The summed E-state index contributed by atoms with van der Waals surface area (Å²) >= 11 is 6.38. The number of benzene rings is 2. The van der Waals surface area contributed by atoms with Gasteiger partial charge in [-0.1, -0.05) is 30.7 Å². The van der Waals surface area contributed by atoms with Crippen LogP contribution in [0.25, 0.3) is 10.9 Å². The van der Waals surface area contributed by atoms with Crippen LogP contribution >= 0.6 is 11.6 Å². The quantitative estimate of drug-likeness (QED) is 0.570. The van der Waals surface area contributed by atoms with Crippen LogP contribution < -0.4 is 15.0 Å². The Hall–Kier alpha value is -3.10. The Morgan fingerprint density at radius 3 is 2.67 bits per heavy atom. The minimum Gasteiger partial charge on any atom is -0.493 e. The maximum atomic E-state index is 13.1. The van der Waals surface area contributed by atoms with Crippen molar-refractivity contribution in [3.63, 3.8) is 0 Å². The molecule has 0 radical (unpaired) electrons. The smallest absolute Gasteiger partial charge is 0.258 e. The van der Waals surface area contributed by atoms with Gasteiger partial charge in [-0.3, -0.25) is 14.5 Å². The third kappa shape index (κ3) is 5.12. The number of carbonyl (C=O) groups excluding carboxylic acids is 1. The largest absolute Gasteiger partial charge is 0.493 e. The average Bonchev–Trinajstić information content (AvgIpc) is 2.83. The molecule has 1 amide bonds. The summed E-state index contributed by atoms with van der Waals surface area (Å²) in [5.41, 5.74) is 1.01. The van der Waals surface area contributed by atoms with Crippen molar-refractivity contribution in [2.45, 2.75) is 19.9 Å². The van der Waals surface area contributed by atoms with Crippen LogP contribution in [0, 0.1) is 0 Å². The number of nitrogens with one attached hydrogen (secondary N) is 1. The minimum atomic E-state index is -0.137. The number of ether oxygens (including phenoxy) is 2. The summed E-state index contributed by atoms with van der Waals surface area (Å²) in [4.78, 5) is 36.8. The average molecular weight is 471 g/mol. The van der Waals surface area contributed by atoms with E-state index in [-0.39, 0.29) is 11.5 Å². The number of H-pyrrole nitrogens is 1. The lowest BCUT2D eigenvalue weighted by molar-refractivity contribution is 0.0625. The van der Waals surface area contributed by atoms with Crippen molar-refractivity contribution in [1.29, 1.82) is 0 Å². The molecule has 0 saturated carbocycles. The maximum Gasteiger partial charge on any atom is 0.258 e. The van der Waals surface area contributed by atoms with Crippen molar-refractivity contribution in [3.05, 3.63) is 63.2 Å². The normalized spacial score (nSPS) is 14.5. The van der Waals surface area contributed by atoms with Crippen LogP contribution in [0.1, 0.15) is 29.5 Å². The summed E-state index contributed by atoms with van der Waals surface area (Å²) in [6.07, 6.45) is 0.840. The van der Waals surface area contributed by atoms with E-state index in [4.69, 9.17) is 21.1 Å². The first-order valence-electron chi connectivity index (χ1n) is 11.0. The summed E-state index contributed by atoms with van der Waals surface area (Å²) in [7, 11) is 1.53. The number of para-hydroxylation sites is 1. The standard InChI is InChI=1S/C24H27ClN4O4/c1-3-12-33-22-18(25)13-16(14-20(22)32-2)24(31)29-10-8-28(9-11-29)15-21-26-19-7-5-4-6-17(19)23(30)27-21/h4-7,13-14H,3,8-12,15H2,1-2H3,(H,26,27,30). The molecule has 1 aromatic heterocycles. The Morgan fingerprint density at radius 2 is 1.94 bits per heavy atom. The molecule has 1 saturated heterocycles. The fraction of sp³-hybridized carbons (Fsp3) is 0.375. The van der Waals surface area contributed by atoms with Crippen LogP contribution in [0.2, 0.25) is 5.02 Å². The summed E-state index contributed by atoms with van der Waals surface area (Å²) < 4.78 is 11.1. The number of aromatic amines is 1. The van der Waals surface area contributed by atoms with Gasteiger partial charge < -0.3 is 19.4 Å². The lowest BCUT2D eigenvalue weighted by Crippen LogP contribution is -2.48. The van der Waals surface area contributed by atoms with E-state index in [1.165, 1.54) is 7.11 Å². The molecule has 1 N–H and O–H groups in total. The second kappa shape index (κ2) is 10.2. The van der Waals surface area contributed by atoms with Crippen LogP contribution in [0.3, 0.4) is 0 Å². The molecule has 0 spiro atoms. The molecule has 3 aromatic rings. The van der Waals surface area contributed by atoms with Crippen molar-refractivity contribution < 1.29 is 14.3 Å². The molecule has 4 rings (SSSR count). The maximum absolute atomic E-state index is 13.1. The molecule has 33 heavy (non-hydrogen) atoms. The predicted octanol–water partition coefficient (Wildman–Crippen LogP) is 3.33. The van der Waals surface area contributed by atoms with Gasteiger partial charge in [-0.05, 0) is 30.7 Å². The summed E-state index contributed by atoms with van der Waals surface area (Å²) in [6, 6.07) is 10.6. The number of fused-ring (bicyclic) bond motifs is 1. The molecule has 0 unspecified atom stereocenters. The van der Waals surface area contributed by atoms with Gasteiger partial charge >= 0.3 is 0 Å². The van der Waals surface area contributed by atoms with Gasteiger partial charge in [-0.25, -0.2) is 4.98 Å². The van der Waals surface area contributed by atoms with Crippen LogP contribution in [0.15, 0.2) is 41.2 Å². The molecular formula is C24H27ClN4O4. The van der Waals surface area contributed by atoms with Gasteiger partial charge in [0.15, 0.2) is 11.5 Å². The van der Waals surface area contributed by atoms with E-state index in [1.54, 1.807) is 23.1 Å². The van der Waals surface area contributed by atoms with Gasteiger partial charge in [0.2, 0.25) is 0 Å². The van der Waals surface area contributed by atoms with Crippen molar-refractivity contribution in [1.82, 2.24) is 19.8 Å². The first-order valence-corrected chi connectivity index (χ1v) is 11.4. The molecule has 8 nitrogen and oxygen atoms in total. The Morgan fingerprint density at radius 1 is 1.18 bits per heavy atom. The Bertz CT molecular complexity index is 1200. The number of rotatable bonds is 7. The lowest BCUT2D eigenvalue weighted by atomic mass is 10.1. The third-order valence-electron chi connectivity index (χ3n) is 5.62. The highest BCUT2D eigenvalue weighted by molar-refractivity contribution is 6.32. The zero-order valence-electron chi connectivity index (χ0n) is 18.8. The highest BCUT2D eigenvalue weighted by Gasteiger charge is 2.25. The molecule has 1 fully saturated rings. The van der Waals surface area contributed by atoms with Gasteiger partial charge in [0, 0.05) is 31.7 Å². The Kier molecular flexibility index (Phi) is 7.15. The van der Waals surface area contributed by atoms with Gasteiger partial charge in [-0.15, -0.1) is 0 Å². The molecule has 0 aliphatic carbocycles. The van der Waals surface area contributed by atoms with E-state index in [2.05, 4.69) is 14.9 Å². The number of halogens is 1. The molecule has 2 aromatic carbocycles. The van der Waals surface area contributed by atoms with Crippen molar-refractivity contribution in [3.8, 4) is 11.5 Å². The molecule has 174 valence electrons. The zero-order chi connectivity index (χ0) is 23.4. The van der Waals surface area contributed by atoms with E-state index in [1.807, 2.05) is 25.1 Å². The number of amides is 1. The van der Waals surface area contributed by atoms with Crippen molar-refractivity contribution in [2.24, 2.45) is 0 Å². The second-order valence-electron chi connectivity index (χ2n) is 7.94. The fourth-order valence-electron chi connectivity index (χ4n) is 3.90. The zero-order valence-corrected chi connectivity index (χ0v) is 19.5. The first-order chi connectivity index (χ1) is 16.0. The van der Waals surface area contributed by atoms with Gasteiger partial charge in [0.25, 0.3) is 11.5 Å².